The fraction of sp³-hybridized carbons (Fsp3) is 0.375. The van der Waals surface area contributed by atoms with Crippen molar-refractivity contribution in [1.29, 1.82) is 0 Å². The molecule has 108 valence electrons. The second-order valence-electron chi connectivity index (χ2n) is 4.95. The van der Waals surface area contributed by atoms with E-state index in [0.717, 1.165) is 18.4 Å². The van der Waals surface area contributed by atoms with E-state index in [1.807, 2.05) is 25.2 Å². The van der Waals surface area contributed by atoms with Gasteiger partial charge < -0.3 is 9.88 Å². The van der Waals surface area contributed by atoms with Crippen LogP contribution in [0.4, 0.5) is 0 Å². The molecular formula is C16H20Cl2N2. The fourth-order valence-corrected chi connectivity index (χ4v) is 2.91. The molecule has 0 radical (unpaired) electrons. The van der Waals surface area contributed by atoms with Crippen LogP contribution in [0, 0.1) is 0 Å². The smallest absolute Gasteiger partial charge is 0.0499 e. The van der Waals surface area contributed by atoms with Gasteiger partial charge >= 0.3 is 0 Å². The van der Waals surface area contributed by atoms with E-state index in [9.17, 15) is 0 Å². The summed E-state index contributed by atoms with van der Waals surface area (Å²) in [6, 6.07) is 8.18. The third kappa shape index (κ3) is 3.57. The fourth-order valence-electron chi connectivity index (χ4n) is 2.40. The second-order valence-corrected chi connectivity index (χ2v) is 5.76. The first-order chi connectivity index (χ1) is 9.65. The second kappa shape index (κ2) is 7.16. The average Bonchev–Trinajstić information content (AvgIpc) is 2.89. The van der Waals surface area contributed by atoms with Crippen molar-refractivity contribution in [2.75, 3.05) is 7.05 Å². The summed E-state index contributed by atoms with van der Waals surface area (Å²) in [4.78, 5) is 0. The monoisotopic (exact) mass is 310 g/mol. The van der Waals surface area contributed by atoms with E-state index >= 15 is 0 Å². The van der Waals surface area contributed by atoms with Gasteiger partial charge in [0.1, 0.15) is 0 Å². The molecule has 0 saturated heterocycles. The quantitative estimate of drug-likeness (QED) is 0.802. The molecule has 2 aromatic rings. The van der Waals surface area contributed by atoms with Crippen LogP contribution in [0.15, 0.2) is 36.7 Å². The number of benzene rings is 1. The van der Waals surface area contributed by atoms with Crippen molar-refractivity contribution in [2.45, 2.75) is 32.4 Å². The highest BCUT2D eigenvalue weighted by molar-refractivity contribution is 6.35. The summed E-state index contributed by atoms with van der Waals surface area (Å²) < 4.78 is 2.13. The van der Waals surface area contributed by atoms with E-state index in [4.69, 9.17) is 23.2 Å². The third-order valence-corrected chi connectivity index (χ3v) is 4.21. The van der Waals surface area contributed by atoms with Gasteiger partial charge in [0.15, 0.2) is 0 Å². The van der Waals surface area contributed by atoms with Crippen LogP contribution in [0.25, 0.3) is 0 Å². The Hall–Kier alpha value is -0.960. The Bertz CT molecular complexity index is 543. The van der Waals surface area contributed by atoms with E-state index in [0.29, 0.717) is 22.6 Å². The first-order valence-corrected chi connectivity index (χ1v) is 7.67. The van der Waals surface area contributed by atoms with Crippen LogP contribution in [0.5, 0.6) is 0 Å². The predicted octanol–water partition coefficient (Wildman–Crippen LogP) is 4.90. The van der Waals surface area contributed by atoms with Gasteiger partial charge in [-0.3, -0.25) is 0 Å². The van der Waals surface area contributed by atoms with Crippen molar-refractivity contribution in [3.8, 4) is 0 Å². The maximum Gasteiger partial charge on any atom is 0.0499 e. The molecular weight excluding hydrogens is 291 g/mol. The van der Waals surface area contributed by atoms with Crippen molar-refractivity contribution >= 4 is 23.2 Å². The molecule has 4 heteroatoms. The Labute approximate surface area is 130 Å². The van der Waals surface area contributed by atoms with Gasteiger partial charge in [0.25, 0.3) is 0 Å². The molecule has 1 atom stereocenters. The Morgan fingerprint density at radius 3 is 2.50 bits per heavy atom. The van der Waals surface area contributed by atoms with Crippen molar-refractivity contribution < 1.29 is 0 Å². The molecule has 1 aromatic carbocycles. The zero-order chi connectivity index (χ0) is 14.5. The van der Waals surface area contributed by atoms with Crippen LogP contribution in [0.2, 0.25) is 10.0 Å². The molecule has 1 aromatic heterocycles. The van der Waals surface area contributed by atoms with Crippen LogP contribution in [-0.2, 0) is 6.54 Å². The molecule has 1 heterocycles. The molecule has 1 N–H and O–H groups in total. The molecule has 0 saturated carbocycles. The first kappa shape index (κ1) is 15.4. The van der Waals surface area contributed by atoms with E-state index in [2.05, 4.69) is 35.3 Å². The van der Waals surface area contributed by atoms with Gasteiger partial charge in [-0.25, -0.2) is 0 Å². The van der Waals surface area contributed by atoms with E-state index < -0.39 is 0 Å². The normalized spacial score (nSPS) is 12.6. The summed E-state index contributed by atoms with van der Waals surface area (Å²) in [6.07, 6.45) is 6.53. The lowest BCUT2D eigenvalue weighted by molar-refractivity contribution is 0.540. The highest BCUT2D eigenvalue weighted by atomic mass is 35.5. The molecule has 1 unspecified atom stereocenters. The van der Waals surface area contributed by atoms with Gasteiger partial charge in [-0.1, -0.05) is 42.6 Å². The topological polar surface area (TPSA) is 17.0 Å². The van der Waals surface area contributed by atoms with Gasteiger partial charge in [0, 0.05) is 40.6 Å². The number of hydrogen-bond donors (Lipinski definition) is 1. The average molecular weight is 311 g/mol. The highest BCUT2D eigenvalue weighted by Crippen LogP contribution is 2.26. The minimum Gasteiger partial charge on any atom is -0.349 e. The molecule has 0 aliphatic rings. The summed E-state index contributed by atoms with van der Waals surface area (Å²) in [5.41, 5.74) is 2.27. The van der Waals surface area contributed by atoms with Crippen molar-refractivity contribution in [2.24, 2.45) is 0 Å². The summed E-state index contributed by atoms with van der Waals surface area (Å²) in [6.45, 7) is 2.89. The number of hydrogen-bond acceptors (Lipinski definition) is 1. The van der Waals surface area contributed by atoms with E-state index in [-0.39, 0.29) is 0 Å². The first-order valence-electron chi connectivity index (χ1n) is 6.91. The van der Waals surface area contributed by atoms with Gasteiger partial charge in [0.05, 0.1) is 0 Å². The molecule has 0 aliphatic carbocycles. The summed E-state index contributed by atoms with van der Waals surface area (Å²) in [5.74, 6) is 0. The lowest BCUT2D eigenvalue weighted by Gasteiger charge is -2.13. The highest BCUT2D eigenvalue weighted by Gasteiger charge is 2.11. The van der Waals surface area contributed by atoms with Crippen LogP contribution in [0.3, 0.4) is 0 Å². The number of nitrogens with zero attached hydrogens (tertiary/aromatic N) is 1. The SMILES string of the molecule is CCCC(NC)c1ccn(Cc2c(Cl)cccc2Cl)c1. The minimum absolute atomic E-state index is 0.406. The lowest BCUT2D eigenvalue weighted by Crippen LogP contribution is -2.15. The van der Waals surface area contributed by atoms with Crippen LogP contribution < -0.4 is 5.32 Å². The molecule has 0 amide bonds. The van der Waals surface area contributed by atoms with E-state index in [1.165, 1.54) is 5.56 Å². The van der Waals surface area contributed by atoms with Crippen molar-refractivity contribution in [3.63, 3.8) is 0 Å². The number of aromatic nitrogens is 1. The molecule has 0 bridgehead atoms. The van der Waals surface area contributed by atoms with Gasteiger partial charge in [-0.2, -0.15) is 0 Å². The maximum absolute atomic E-state index is 6.22. The van der Waals surface area contributed by atoms with Crippen molar-refractivity contribution in [3.05, 3.63) is 57.8 Å². The molecule has 2 nitrogen and oxygen atoms in total. The lowest BCUT2D eigenvalue weighted by atomic mass is 10.1. The molecule has 0 spiro atoms. The zero-order valence-electron chi connectivity index (χ0n) is 11.9. The number of halogens is 2. The molecule has 0 fully saturated rings. The Morgan fingerprint density at radius 1 is 1.20 bits per heavy atom. The number of nitrogens with one attached hydrogen (secondary N) is 1. The summed E-state index contributed by atoms with van der Waals surface area (Å²) in [7, 11) is 2.00. The maximum atomic E-state index is 6.22. The number of rotatable bonds is 6. The summed E-state index contributed by atoms with van der Waals surface area (Å²) >= 11 is 12.4. The summed E-state index contributed by atoms with van der Waals surface area (Å²) in [5, 5.41) is 4.78. The van der Waals surface area contributed by atoms with Gasteiger partial charge in [0.2, 0.25) is 0 Å². The Balaban J connectivity index is 2.17. The minimum atomic E-state index is 0.406. The van der Waals surface area contributed by atoms with E-state index in [1.54, 1.807) is 0 Å². The molecule has 20 heavy (non-hydrogen) atoms. The molecule has 0 aliphatic heterocycles. The standard InChI is InChI=1S/C16H20Cl2N2/c1-3-5-16(19-2)12-8-9-20(10-12)11-13-14(17)6-4-7-15(13)18/h4,6-10,16,19H,3,5,11H2,1-2H3. The van der Waals surface area contributed by atoms with Crippen LogP contribution in [0.1, 0.15) is 36.9 Å². The van der Waals surface area contributed by atoms with Crippen LogP contribution in [-0.4, -0.2) is 11.6 Å². The Kier molecular flexibility index (Phi) is 5.53. The largest absolute Gasteiger partial charge is 0.349 e. The Morgan fingerprint density at radius 2 is 1.90 bits per heavy atom. The van der Waals surface area contributed by atoms with Gasteiger partial charge in [-0.15, -0.1) is 0 Å². The zero-order valence-corrected chi connectivity index (χ0v) is 13.4. The van der Waals surface area contributed by atoms with Gasteiger partial charge in [-0.05, 0) is 37.2 Å². The third-order valence-electron chi connectivity index (χ3n) is 3.50. The predicted molar refractivity (Wildman–Crippen MR) is 86.7 cm³/mol. The van der Waals surface area contributed by atoms with Crippen LogP contribution >= 0.6 is 23.2 Å². The molecule has 2 rings (SSSR count). The van der Waals surface area contributed by atoms with Crippen molar-refractivity contribution in [1.82, 2.24) is 9.88 Å².